The number of aromatic nitrogens is 2. The van der Waals surface area contributed by atoms with Crippen LogP contribution in [0.25, 0.3) is 0 Å². The number of rotatable bonds is 2. The van der Waals surface area contributed by atoms with Crippen molar-refractivity contribution < 1.29 is 4.79 Å². The number of halogens is 2. The zero-order chi connectivity index (χ0) is 18.7. The third-order valence-electron chi connectivity index (χ3n) is 5.56. The van der Waals surface area contributed by atoms with Gasteiger partial charge >= 0.3 is 0 Å². The number of aromatic amines is 1. The average Bonchev–Trinajstić information content (AvgIpc) is 2.99. The molecule has 2 heterocycles. The van der Waals surface area contributed by atoms with E-state index in [1.807, 2.05) is 12.1 Å². The molecule has 2 aromatic rings. The van der Waals surface area contributed by atoms with Crippen LogP contribution in [0.4, 0.5) is 5.82 Å². The number of hydrogen-bond acceptors (Lipinski definition) is 3. The van der Waals surface area contributed by atoms with E-state index >= 15 is 0 Å². The van der Waals surface area contributed by atoms with Gasteiger partial charge in [0, 0.05) is 33.3 Å². The Morgan fingerprint density at radius 2 is 1.85 bits per heavy atom. The van der Waals surface area contributed by atoms with Crippen molar-refractivity contribution in [2.75, 3.05) is 5.32 Å². The van der Waals surface area contributed by atoms with E-state index in [-0.39, 0.29) is 11.2 Å². The minimum atomic E-state index is -0.606. The van der Waals surface area contributed by atoms with E-state index in [0.29, 0.717) is 22.9 Å². The van der Waals surface area contributed by atoms with Gasteiger partial charge in [0.15, 0.2) is 5.78 Å². The number of hydrogen-bond donors (Lipinski definition) is 2. The quantitative estimate of drug-likeness (QED) is 0.714. The van der Waals surface area contributed by atoms with Crippen LogP contribution in [0.1, 0.15) is 51.2 Å². The van der Waals surface area contributed by atoms with E-state index in [1.54, 1.807) is 12.3 Å². The molecule has 136 valence electrons. The maximum absolute atomic E-state index is 13.3. The maximum Gasteiger partial charge on any atom is 0.162 e. The van der Waals surface area contributed by atoms with Gasteiger partial charge in [0.05, 0.1) is 11.6 Å². The molecule has 1 aromatic heterocycles. The summed E-state index contributed by atoms with van der Waals surface area (Å²) in [7, 11) is 0. The summed E-state index contributed by atoms with van der Waals surface area (Å²) >= 11 is 12.6. The molecule has 0 saturated carbocycles. The third-order valence-corrected chi connectivity index (χ3v) is 6.00. The Morgan fingerprint density at radius 1 is 1.15 bits per heavy atom. The van der Waals surface area contributed by atoms with Gasteiger partial charge in [0.2, 0.25) is 0 Å². The van der Waals surface area contributed by atoms with Crippen molar-refractivity contribution in [1.82, 2.24) is 10.2 Å². The monoisotopic (exact) mass is 389 g/mol. The predicted molar refractivity (Wildman–Crippen MR) is 105 cm³/mol. The van der Waals surface area contributed by atoms with Crippen LogP contribution < -0.4 is 5.32 Å². The second-order valence-electron chi connectivity index (χ2n) is 8.00. The first-order valence-corrected chi connectivity index (χ1v) is 9.57. The molecule has 1 atom stereocenters. The highest BCUT2D eigenvalue weighted by Crippen LogP contribution is 2.54. The molecule has 0 fully saturated rings. The smallest absolute Gasteiger partial charge is 0.162 e. The molecule has 6 heteroatoms. The molecule has 1 aliphatic carbocycles. The van der Waals surface area contributed by atoms with Gasteiger partial charge in [0.1, 0.15) is 5.82 Å². The van der Waals surface area contributed by atoms with Gasteiger partial charge in [-0.05, 0) is 42.0 Å². The molecular weight excluding hydrogens is 369 g/mol. The fourth-order valence-corrected chi connectivity index (χ4v) is 5.11. The van der Waals surface area contributed by atoms with Crippen molar-refractivity contribution in [2.24, 2.45) is 5.41 Å². The Hall–Kier alpha value is -1.78. The van der Waals surface area contributed by atoms with E-state index in [4.69, 9.17) is 23.2 Å². The Kier molecular flexibility index (Phi) is 3.97. The molecule has 0 spiro atoms. The van der Waals surface area contributed by atoms with Crippen molar-refractivity contribution in [3.8, 4) is 0 Å². The summed E-state index contributed by atoms with van der Waals surface area (Å²) in [5.74, 6) is 1.01. The highest BCUT2D eigenvalue weighted by molar-refractivity contribution is 6.34. The Balaban J connectivity index is 2.05. The van der Waals surface area contributed by atoms with Gasteiger partial charge in [-0.25, -0.2) is 0 Å². The lowest BCUT2D eigenvalue weighted by molar-refractivity contribution is -0.118. The highest BCUT2D eigenvalue weighted by Gasteiger charge is 2.50. The molecule has 2 N–H and O–H groups in total. The molecule has 0 bridgehead atoms. The molecular formula is C20H21Cl2N3O. The van der Waals surface area contributed by atoms with E-state index in [2.05, 4.69) is 36.3 Å². The minimum absolute atomic E-state index is 0.0775. The number of anilines is 1. The number of nitrogens with one attached hydrogen (secondary N) is 2. The van der Waals surface area contributed by atoms with Gasteiger partial charge in [-0.1, -0.05) is 44.0 Å². The van der Waals surface area contributed by atoms with Crippen LogP contribution >= 0.6 is 23.2 Å². The average molecular weight is 390 g/mol. The standard InChI is InChI=1S/C20H21Cl2N3O/c1-4-20(11-5-12(21)7-13(22)6-11)14-10-23-25-18(14)24-15-8-19(2,3)9-16(26)17(15)20/h5-7,10H,4,8-9H2,1-3H3,(H2,23,24,25)/t20-/m1/s1. The lowest BCUT2D eigenvalue weighted by Crippen LogP contribution is -2.43. The summed E-state index contributed by atoms with van der Waals surface area (Å²) in [6.45, 7) is 6.35. The largest absolute Gasteiger partial charge is 0.343 e. The highest BCUT2D eigenvalue weighted by atomic mass is 35.5. The summed E-state index contributed by atoms with van der Waals surface area (Å²) in [6.07, 6.45) is 3.85. The Morgan fingerprint density at radius 3 is 2.50 bits per heavy atom. The van der Waals surface area contributed by atoms with Crippen LogP contribution in [-0.2, 0) is 10.2 Å². The van der Waals surface area contributed by atoms with Crippen molar-refractivity contribution in [1.29, 1.82) is 0 Å². The van der Waals surface area contributed by atoms with E-state index in [9.17, 15) is 4.79 Å². The molecule has 4 nitrogen and oxygen atoms in total. The summed E-state index contributed by atoms with van der Waals surface area (Å²) in [5.41, 5.74) is 3.01. The molecule has 0 radical (unpaired) electrons. The molecule has 0 saturated heterocycles. The van der Waals surface area contributed by atoms with E-state index < -0.39 is 5.41 Å². The van der Waals surface area contributed by atoms with Crippen molar-refractivity contribution >= 4 is 34.8 Å². The van der Waals surface area contributed by atoms with Gasteiger partial charge < -0.3 is 5.32 Å². The third kappa shape index (κ3) is 2.50. The van der Waals surface area contributed by atoms with Gasteiger partial charge in [-0.2, -0.15) is 5.10 Å². The first-order valence-electron chi connectivity index (χ1n) is 8.81. The number of carbonyl (C=O) groups is 1. The zero-order valence-electron chi connectivity index (χ0n) is 15.0. The lowest BCUT2D eigenvalue weighted by atomic mass is 9.60. The van der Waals surface area contributed by atoms with Crippen LogP contribution in [0.15, 0.2) is 35.7 Å². The van der Waals surface area contributed by atoms with Crippen LogP contribution in [-0.4, -0.2) is 16.0 Å². The first-order chi connectivity index (χ1) is 12.3. The van der Waals surface area contributed by atoms with Gasteiger partial charge in [-0.3, -0.25) is 9.89 Å². The van der Waals surface area contributed by atoms with E-state index in [0.717, 1.165) is 34.6 Å². The van der Waals surface area contributed by atoms with Crippen LogP contribution in [0.2, 0.25) is 10.0 Å². The number of Topliss-reactive ketones (excluding diaryl/α,β-unsaturated/α-hetero) is 1. The van der Waals surface area contributed by atoms with Crippen molar-refractivity contribution in [2.45, 2.75) is 45.4 Å². The second kappa shape index (κ2) is 5.86. The predicted octanol–water partition coefficient (Wildman–Crippen LogP) is 5.48. The number of carbonyl (C=O) groups excluding carboxylic acids is 1. The van der Waals surface area contributed by atoms with Crippen molar-refractivity contribution in [3.05, 3.63) is 56.8 Å². The molecule has 1 aliphatic heterocycles. The first kappa shape index (κ1) is 17.6. The number of allylic oxidation sites excluding steroid dienone is 2. The molecule has 1 aromatic carbocycles. The van der Waals surface area contributed by atoms with Crippen LogP contribution in [0, 0.1) is 5.41 Å². The number of nitrogens with zero attached hydrogens (tertiary/aromatic N) is 1. The number of benzene rings is 1. The topological polar surface area (TPSA) is 57.8 Å². The summed E-state index contributed by atoms with van der Waals surface area (Å²) in [6, 6.07) is 5.54. The maximum atomic E-state index is 13.3. The van der Waals surface area contributed by atoms with Crippen LogP contribution in [0.3, 0.4) is 0 Å². The fourth-order valence-electron chi connectivity index (χ4n) is 4.59. The summed E-state index contributed by atoms with van der Waals surface area (Å²) in [4.78, 5) is 13.3. The van der Waals surface area contributed by atoms with Crippen LogP contribution in [0.5, 0.6) is 0 Å². The molecule has 26 heavy (non-hydrogen) atoms. The summed E-state index contributed by atoms with van der Waals surface area (Å²) in [5, 5.41) is 11.9. The molecule has 2 aliphatic rings. The Bertz CT molecular complexity index is 924. The van der Waals surface area contributed by atoms with Crippen molar-refractivity contribution in [3.63, 3.8) is 0 Å². The SMILES string of the molecule is CC[C@]1(c2cc(Cl)cc(Cl)c2)C2=C(CC(C)(C)CC2=O)Nc2[nH]ncc21. The number of ketones is 1. The normalized spacial score (nSPS) is 24.1. The number of H-pyrrole nitrogens is 1. The molecule has 4 rings (SSSR count). The lowest BCUT2D eigenvalue weighted by Gasteiger charge is -2.45. The fraction of sp³-hybridized carbons (Fsp3) is 0.400. The number of fused-ring (bicyclic) bond motifs is 1. The molecule has 0 unspecified atom stereocenters. The minimum Gasteiger partial charge on any atom is -0.343 e. The van der Waals surface area contributed by atoms with Gasteiger partial charge in [0.25, 0.3) is 0 Å². The molecule has 0 amide bonds. The Labute approximate surface area is 163 Å². The summed E-state index contributed by atoms with van der Waals surface area (Å²) < 4.78 is 0. The van der Waals surface area contributed by atoms with Gasteiger partial charge in [-0.15, -0.1) is 0 Å². The second-order valence-corrected chi connectivity index (χ2v) is 8.87. The van der Waals surface area contributed by atoms with E-state index in [1.165, 1.54) is 0 Å². The zero-order valence-corrected chi connectivity index (χ0v) is 16.6.